The summed E-state index contributed by atoms with van der Waals surface area (Å²) in [6.45, 7) is 4.29. The van der Waals surface area contributed by atoms with Crippen molar-refractivity contribution in [2.45, 2.75) is 44.7 Å². The number of hydrogen-bond acceptors (Lipinski definition) is 3. The van der Waals surface area contributed by atoms with Gasteiger partial charge in [0.2, 0.25) is 0 Å². The molecule has 2 saturated heterocycles. The van der Waals surface area contributed by atoms with Gasteiger partial charge in [0.15, 0.2) is 0 Å². The molecule has 0 aliphatic carbocycles. The first-order chi connectivity index (χ1) is 7.36. The van der Waals surface area contributed by atoms with E-state index >= 15 is 0 Å². The van der Waals surface area contributed by atoms with E-state index in [0.717, 1.165) is 25.2 Å². The van der Waals surface area contributed by atoms with Gasteiger partial charge in [-0.05, 0) is 44.3 Å². The first-order valence-electron chi connectivity index (χ1n) is 6.28. The lowest BCUT2D eigenvalue weighted by Crippen LogP contribution is -2.44. The highest BCUT2D eigenvalue weighted by molar-refractivity contribution is 7.99. The zero-order valence-electron chi connectivity index (χ0n) is 9.71. The second-order valence-electron chi connectivity index (χ2n) is 4.82. The molecule has 0 aromatic rings. The molecular weight excluding hydrogens is 206 g/mol. The van der Waals surface area contributed by atoms with Gasteiger partial charge in [-0.3, -0.25) is 0 Å². The highest BCUT2D eigenvalue weighted by atomic mass is 32.2. The van der Waals surface area contributed by atoms with Crippen molar-refractivity contribution in [1.82, 2.24) is 5.32 Å². The van der Waals surface area contributed by atoms with Crippen LogP contribution in [0, 0.1) is 5.92 Å². The van der Waals surface area contributed by atoms with E-state index in [4.69, 9.17) is 4.74 Å². The van der Waals surface area contributed by atoms with Crippen molar-refractivity contribution in [2.75, 3.05) is 24.7 Å². The lowest BCUT2D eigenvalue weighted by atomic mass is 9.92. The van der Waals surface area contributed by atoms with Gasteiger partial charge in [0.25, 0.3) is 0 Å². The predicted molar refractivity (Wildman–Crippen MR) is 66.5 cm³/mol. The smallest absolute Gasteiger partial charge is 0.0469 e. The van der Waals surface area contributed by atoms with Crippen molar-refractivity contribution >= 4 is 11.8 Å². The van der Waals surface area contributed by atoms with Crippen LogP contribution in [-0.4, -0.2) is 36.8 Å². The lowest BCUT2D eigenvalue weighted by Gasteiger charge is -2.33. The van der Waals surface area contributed by atoms with E-state index in [1.165, 1.54) is 37.2 Å². The van der Waals surface area contributed by atoms with Crippen LogP contribution in [0.2, 0.25) is 0 Å². The molecule has 0 bridgehead atoms. The van der Waals surface area contributed by atoms with Crippen molar-refractivity contribution in [3.05, 3.63) is 0 Å². The minimum atomic E-state index is 0.678. The van der Waals surface area contributed by atoms with Crippen LogP contribution in [0.25, 0.3) is 0 Å². The number of rotatable bonds is 3. The van der Waals surface area contributed by atoms with Crippen LogP contribution in [0.1, 0.15) is 32.6 Å². The molecule has 2 heterocycles. The fraction of sp³-hybridized carbons (Fsp3) is 1.00. The highest BCUT2D eigenvalue weighted by Gasteiger charge is 2.23. The van der Waals surface area contributed by atoms with E-state index in [-0.39, 0.29) is 0 Å². The number of ether oxygens (including phenoxy) is 1. The van der Waals surface area contributed by atoms with Crippen LogP contribution in [0.4, 0.5) is 0 Å². The van der Waals surface area contributed by atoms with Crippen LogP contribution in [-0.2, 0) is 4.74 Å². The third kappa shape index (κ3) is 3.65. The SMILES string of the molecule is CC(NC1CCCSC1)C1CCOCC1. The summed E-state index contributed by atoms with van der Waals surface area (Å²) in [6.07, 6.45) is 5.26. The summed E-state index contributed by atoms with van der Waals surface area (Å²) >= 11 is 2.10. The molecule has 2 nitrogen and oxygen atoms in total. The van der Waals surface area contributed by atoms with E-state index in [1.54, 1.807) is 0 Å². The molecule has 0 aromatic heterocycles. The number of hydrogen-bond donors (Lipinski definition) is 1. The summed E-state index contributed by atoms with van der Waals surface area (Å²) in [5, 5.41) is 3.81. The van der Waals surface area contributed by atoms with E-state index in [9.17, 15) is 0 Å². The summed E-state index contributed by atoms with van der Waals surface area (Å²) in [4.78, 5) is 0. The summed E-state index contributed by atoms with van der Waals surface area (Å²) in [7, 11) is 0. The van der Waals surface area contributed by atoms with E-state index < -0.39 is 0 Å². The zero-order valence-corrected chi connectivity index (χ0v) is 10.5. The number of thioether (sulfide) groups is 1. The second-order valence-corrected chi connectivity index (χ2v) is 5.97. The Hall–Kier alpha value is 0.270. The van der Waals surface area contributed by atoms with Gasteiger partial charge in [0.05, 0.1) is 0 Å². The maximum absolute atomic E-state index is 5.41. The Morgan fingerprint density at radius 1 is 1.27 bits per heavy atom. The van der Waals surface area contributed by atoms with Gasteiger partial charge in [-0.15, -0.1) is 0 Å². The van der Waals surface area contributed by atoms with E-state index in [1.807, 2.05) is 0 Å². The molecule has 1 N–H and O–H groups in total. The van der Waals surface area contributed by atoms with Crippen LogP contribution in [0.15, 0.2) is 0 Å². The molecule has 2 rings (SSSR count). The molecule has 2 unspecified atom stereocenters. The first kappa shape index (κ1) is 11.7. The van der Waals surface area contributed by atoms with Crippen molar-refractivity contribution in [1.29, 1.82) is 0 Å². The molecule has 88 valence electrons. The Kier molecular flexibility index (Phi) is 4.79. The van der Waals surface area contributed by atoms with Crippen LogP contribution in [0.3, 0.4) is 0 Å². The monoisotopic (exact) mass is 229 g/mol. The lowest BCUT2D eigenvalue weighted by molar-refractivity contribution is 0.0546. The van der Waals surface area contributed by atoms with Crippen molar-refractivity contribution < 1.29 is 4.74 Å². The van der Waals surface area contributed by atoms with Gasteiger partial charge in [-0.25, -0.2) is 0 Å². The van der Waals surface area contributed by atoms with Crippen LogP contribution < -0.4 is 5.32 Å². The normalized spacial score (nSPS) is 31.4. The van der Waals surface area contributed by atoms with Crippen molar-refractivity contribution in [3.8, 4) is 0 Å². The maximum Gasteiger partial charge on any atom is 0.0469 e. The Bertz CT molecular complexity index is 176. The van der Waals surface area contributed by atoms with Crippen molar-refractivity contribution in [2.24, 2.45) is 5.92 Å². The van der Waals surface area contributed by atoms with E-state index in [2.05, 4.69) is 24.0 Å². The summed E-state index contributed by atoms with van der Waals surface area (Å²) < 4.78 is 5.41. The highest BCUT2D eigenvalue weighted by Crippen LogP contribution is 2.22. The molecule has 0 radical (unpaired) electrons. The molecule has 0 aromatic carbocycles. The van der Waals surface area contributed by atoms with Crippen LogP contribution >= 0.6 is 11.8 Å². The molecule has 15 heavy (non-hydrogen) atoms. The molecule has 2 aliphatic heterocycles. The van der Waals surface area contributed by atoms with Gasteiger partial charge in [-0.1, -0.05) is 0 Å². The Morgan fingerprint density at radius 3 is 2.73 bits per heavy atom. The second kappa shape index (κ2) is 6.12. The van der Waals surface area contributed by atoms with E-state index in [0.29, 0.717) is 6.04 Å². The summed E-state index contributed by atoms with van der Waals surface area (Å²) in [5.74, 6) is 3.52. The quantitative estimate of drug-likeness (QED) is 0.802. The molecule has 2 atom stereocenters. The standard InChI is InChI=1S/C12H23NOS/c1-10(11-4-6-14-7-5-11)13-12-3-2-8-15-9-12/h10-13H,2-9H2,1H3. The first-order valence-corrected chi connectivity index (χ1v) is 7.43. The topological polar surface area (TPSA) is 21.3 Å². The molecule has 0 saturated carbocycles. The Balaban J connectivity index is 1.72. The molecule has 3 heteroatoms. The molecule has 2 fully saturated rings. The predicted octanol–water partition coefficient (Wildman–Crippen LogP) is 2.29. The molecule has 0 amide bonds. The average Bonchev–Trinajstić information content (AvgIpc) is 2.31. The van der Waals surface area contributed by atoms with Gasteiger partial charge in [-0.2, -0.15) is 11.8 Å². The van der Waals surface area contributed by atoms with Gasteiger partial charge in [0.1, 0.15) is 0 Å². The summed E-state index contributed by atoms with van der Waals surface area (Å²) in [5.41, 5.74) is 0. The Labute approximate surface area is 97.5 Å². The summed E-state index contributed by atoms with van der Waals surface area (Å²) in [6, 6.07) is 1.44. The molecule has 0 spiro atoms. The minimum Gasteiger partial charge on any atom is -0.381 e. The average molecular weight is 229 g/mol. The fourth-order valence-electron chi connectivity index (χ4n) is 2.60. The minimum absolute atomic E-state index is 0.678. The van der Waals surface area contributed by atoms with Crippen LogP contribution in [0.5, 0.6) is 0 Å². The van der Waals surface area contributed by atoms with Gasteiger partial charge < -0.3 is 10.1 Å². The third-order valence-corrected chi connectivity index (χ3v) is 4.85. The largest absolute Gasteiger partial charge is 0.381 e. The van der Waals surface area contributed by atoms with Crippen molar-refractivity contribution in [3.63, 3.8) is 0 Å². The fourth-order valence-corrected chi connectivity index (χ4v) is 3.68. The molecule has 2 aliphatic rings. The maximum atomic E-state index is 5.41. The zero-order chi connectivity index (χ0) is 10.5. The Morgan fingerprint density at radius 2 is 2.07 bits per heavy atom. The van der Waals surface area contributed by atoms with Gasteiger partial charge >= 0.3 is 0 Å². The molecular formula is C12H23NOS. The number of nitrogens with one attached hydrogen (secondary N) is 1. The third-order valence-electron chi connectivity index (χ3n) is 3.63. The van der Waals surface area contributed by atoms with Gasteiger partial charge in [0, 0.05) is 31.1 Å².